The summed E-state index contributed by atoms with van der Waals surface area (Å²) in [7, 11) is 0. The first-order chi connectivity index (χ1) is 11.5. The van der Waals surface area contributed by atoms with E-state index in [0.29, 0.717) is 23.6 Å². The lowest BCUT2D eigenvalue weighted by Gasteiger charge is -2.32. The van der Waals surface area contributed by atoms with Crippen LogP contribution >= 0.6 is 0 Å². The molecule has 7 heteroatoms. The molecule has 4 rings (SSSR count). The lowest BCUT2D eigenvalue weighted by molar-refractivity contribution is -0.0222. The minimum absolute atomic E-state index is 0.176. The van der Waals surface area contributed by atoms with Gasteiger partial charge in [0.1, 0.15) is 12.4 Å². The highest BCUT2D eigenvalue weighted by molar-refractivity contribution is 5.42. The Balaban J connectivity index is 1.66. The van der Waals surface area contributed by atoms with Crippen molar-refractivity contribution in [3.63, 3.8) is 0 Å². The van der Waals surface area contributed by atoms with Crippen molar-refractivity contribution in [2.24, 2.45) is 0 Å². The standard InChI is InChI=1S/C17H17F2N3O2/c18-17(19)5-7-22(8-6-17)16-20-13-10-24-14-4-2-1-3-11(14)9-12(13)15(23)21-16/h1-4H,5-10H2,(H,20,21,23). The second kappa shape index (κ2) is 5.58. The fourth-order valence-corrected chi connectivity index (χ4v) is 3.16. The van der Waals surface area contributed by atoms with Gasteiger partial charge in [0.15, 0.2) is 0 Å². The third-order valence-corrected chi connectivity index (χ3v) is 4.59. The number of ether oxygens (including phenoxy) is 1. The quantitative estimate of drug-likeness (QED) is 0.871. The lowest BCUT2D eigenvalue weighted by atomic mass is 10.0. The maximum absolute atomic E-state index is 13.3. The highest BCUT2D eigenvalue weighted by Crippen LogP contribution is 2.30. The van der Waals surface area contributed by atoms with Crippen LogP contribution in [-0.2, 0) is 13.0 Å². The van der Waals surface area contributed by atoms with E-state index in [-0.39, 0.29) is 38.1 Å². The van der Waals surface area contributed by atoms with Crippen molar-refractivity contribution in [3.05, 3.63) is 51.4 Å². The molecule has 1 saturated heterocycles. The van der Waals surface area contributed by atoms with E-state index in [9.17, 15) is 13.6 Å². The first-order valence-electron chi connectivity index (χ1n) is 7.97. The molecule has 0 radical (unpaired) electrons. The molecule has 0 atom stereocenters. The van der Waals surface area contributed by atoms with E-state index in [4.69, 9.17) is 4.74 Å². The molecule has 1 fully saturated rings. The molecule has 0 unspecified atom stereocenters. The number of fused-ring (bicyclic) bond motifs is 2. The Morgan fingerprint density at radius 3 is 2.75 bits per heavy atom. The topological polar surface area (TPSA) is 58.2 Å². The first-order valence-corrected chi connectivity index (χ1v) is 7.97. The van der Waals surface area contributed by atoms with E-state index in [1.54, 1.807) is 4.90 Å². The van der Waals surface area contributed by atoms with Crippen molar-refractivity contribution in [1.29, 1.82) is 0 Å². The van der Waals surface area contributed by atoms with Crippen molar-refractivity contribution in [3.8, 4) is 5.75 Å². The number of rotatable bonds is 1. The van der Waals surface area contributed by atoms with Gasteiger partial charge in [-0.1, -0.05) is 18.2 Å². The van der Waals surface area contributed by atoms with Gasteiger partial charge in [0, 0.05) is 37.9 Å². The fourth-order valence-electron chi connectivity index (χ4n) is 3.16. The fraction of sp³-hybridized carbons (Fsp3) is 0.412. The van der Waals surface area contributed by atoms with Crippen LogP contribution in [0.1, 0.15) is 29.7 Å². The molecule has 1 N–H and O–H groups in total. The Labute approximate surface area is 137 Å². The SMILES string of the molecule is O=c1[nH]c(N2CCC(F)(F)CC2)nc2c1Cc1ccccc1OC2. The van der Waals surface area contributed by atoms with Crippen LogP contribution in [0.25, 0.3) is 0 Å². The number of para-hydroxylation sites is 1. The Morgan fingerprint density at radius 1 is 1.21 bits per heavy atom. The number of aromatic amines is 1. The predicted octanol–water partition coefficient (Wildman–Crippen LogP) is 2.49. The molecule has 3 heterocycles. The number of piperidine rings is 1. The summed E-state index contributed by atoms with van der Waals surface area (Å²) in [5, 5.41) is 0. The van der Waals surface area contributed by atoms with Gasteiger partial charge in [0.2, 0.25) is 5.95 Å². The smallest absolute Gasteiger partial charge is 0.256 e. The summed E-state index contributed by atoms with van der Waals surface area (Å²) in [6.45, 7) is 0.554. The maximum Gasteiger partial charge on any atom is 0.256 e. The number of benzene rings is 1. The Morgan fingerprint density at radius 2 is 1.96 bits per heavy atom. The summed E-state index contributed by atoms with van der Waals surface area (Å²) in [4.78, 5) is 21.4. The first kappa shape index (κ1) is 15.1. The highest BCUT2D eigenvalue weighted by Gasteiger charge is 2.35. The zero-order valence-corrected chi connectivity index (χ0v) is 13.0. The molecule has 0 spiro atoms. The Hall–Kier alpha value is -2.44. The van der Waals surface area contributed by atoms with Crippen molar-refractivity contribution < 1.29 is 13.5 Å². The number of anilines is 1. The highest BCUT2D eigenvalue weighted by atomic mass is 19.3. The van der Waals surface area contributed by atoms with Gasteiger partial charge in [-0.2, -0.15) is 0 Å². The van der Waals surface area contributed by atoms with E-state index in [2.05, 4.69) is 9.97 Å². The molecule has 126 valence electrons. The van der Waals surface area contributed by atoms with Crippen molar-refractivity contribution in [2.45, 2.75) is 31.8 Å². The number of alkyl halides is 2. The van der Waals surface area contributed by atoms with Crippen LogP contribution in [0.2, 0.25) is 0 Å². The van der Waals surface area contributed by atoms with Gasteiger partial charge in [-0.05, 0) is 11.6 Å². The largest absolute Gasteiger partial charge is 0.487 e. The van der Waals surface area contributed by atoms with E-state index in [1.807, 2.05) is 24.3 Å². The number of hydrogen-bond donors (Lipinski definition) is 1. The zero-order chi connectivity index (χ0) is 16.7. The minimum Gasteiger partial charge on any atom is -0.487 e. The number of nitrogens with zero attached hydrogens (tertiary/aromatic N) is 2. The molecule has 0 amide bonds. The normalized spacial score (nSPS) is 19.0. The molecular weight excluding hydrogens is 316 g/mol. The number of halogens is 2. The number of H-pyrrole nitrogens is 1. The minimum atomic E-state index is -2.63. The number of nitrogens with one attached hydrogen (secondary N) is 1. The monoisotopic (exact) mass is 333 g/mol. The summed E-state index contributed by atoms with van der Waals surface area (Å²) in [5.41, 5.74) is 1.86. The Kier molecular flexibility index (Phi) is 3.51. The van der Waals surface area contributed by atoms with Crippen LogP contribution in [0.4, 0.5) is 14.7 Å². The zero-order valence-electron chi connectivity index (χ0n) is 13.0. The Bertz CT molecular complexity index is 825. The molecule has 2 aromatic rings. The summed E-state index contributed by atoms with van der Waals surface area (Å²) < 4.78 is 32.4. The van der Waals surface area contributed by atoms with Crippen molar-refractivity contribution >= 4 is 5.95 Å². The average Bonchev–Trinajstić information content (AvgIpc) is 2.75. The third kappa shape index (κ3) is 2.74. The van der Waals surface area contributed by atoms with Gasteiger partial charge in [-0.15, -0.1) is 0 Å². The molecule has 24 heavy (non-hydrogen) atoms. The van der Waals surface area contributed by atoms with E-state index in [0.717, 1.165) is 11.3 Å². The van der Waals surface area contributed by atoms with Gasteiger partial charge in [0.05, 0.1) is 5.69 Å². The van der Waals surface area contributed by atoms with Crippen LogP contribution in [0.3, 0.4) is 0 Å². The van der Waals surface area contributed by atoms with Gasteiger partial charge in [-0.3, -0.25) is 9.78 Å². The molecule has 1 aromatic heterocycles. The molecule has 2 aliphatic rings. The maximum atomic E-state index is 13.3. The second-order valence-electron chi connectivity index (χ2n) is 6.23. The summed E-state index contributed by atoms with van der Waals surface area (Å²) >= 11 is 0. The van der Waals surface area contributed by atoms with Crippen LogP contribution in [0, 0.1) is 0 Å². The third-order valence-electron chi connectivity index (χ3n) is 4.59. The number of hydrogen-bond acceptors (Lipinski definition) is 4. The molecule has 0 saturated carbocycles. The molecule has 5 nitrogen and oxygen atoms in total. The summed E-state index contributed by atoms with van der Waals surface area (Å²) in [6, 6.07) is 7.57. The molecule has 2 aliphatic heterocycles. The average molecular weight is 333 g/mol. The van der Waals surface area contributed by atoms with E-state index in [1.165, 1.54) is 0 Å². The van der Waals surface area contributed by atoms with Crippen molar-refractivity contribution in [2.75, 3.05) is 18.0 Å². The second-order valence-corrected chi connectivity index (χ2v) is 6.23. The van der Waals surface area contributed by atoms with Crippen LogP contribution in [0.5, 0.6) is 5.75 Å². The van der Waals surface area contributed by atoms with Gasteiger partial charge in [-0.25, -0.2) is 13.8 Å². The number of aromatic nitrogens is 2. The van der Waals surface area contributed by atoms with E-state index < -0.39 is 5.92 Å². The predicted molar refractivity (Wildman–Crippen MR) is 84.8 cm³/mol. The van der Waals surface area contributed by atoms with Crippen LogP contribution in [-0.4, -0.2) is 29.0 Å². The van der Waals surface area contributed by atoms with Gasteiger partial charge in [0.25, 0.3) is 11.5 Å². The van der Waals surface area contributed by atoms with Crippen LogP contribution < -0.4 is 15.2 Å². The lowest BCUT2D eigenvalue weighted by Crippen LogP contribution is -2.41. The molecular formula is C17H17F2N3O2. The molecule has 0 bridgehead atoms. The molecule has 1 aromatic carbocycles. The summed E-state index contributed by atoms with van der Waals surface area (Å²) in [6.07, 6.45) is -0.00232. The van der Waals surface area contributed by atoms with E-state index >= 15 is 0 Å². The molecule has 0 aliphatic carbocycles. The van der Waals surface area contributed by atoms with Gasteiger partial charge < -0.3 is 9.64 Å². The van der Waals surface area contributed by atoms with Crippen molar-refractivity contribution in [1.82, 2.24) is 9.97 Å². The van der Waals surface area contributed by atoms with Crippen LogP contribution in [0.15, 0.2) is 29.1 Å². The van der Waals surface area contributed by atoms with Gasteiger partial charge >= 0.3 is 0 Å². The summed E-state index contributed by atoms with van der Waals surface area (Å²) in [5.74, 6) is -1.54.